The molecule has 9 heteroatoms. The van der Waals surface area contributed by atoms with Gasteiger partial charge in [-0.15, -0.1) is 0 Å². The number of benzene rings is 1. The number of piperazine rings is 1. The predicted molar refractivity (Wildman–Crippen MR) is 123 cm³/mol. The van der Waals surface area contributed by atoms with E-state index in [0.29, 0.717) is 49.6 Å². The number of amides is 2. The molecule has 4 heterocycles. The van der Waals surface area contributed by atoms with E-state index in [4.69, 9.17) is 9.72 Å². The number of aryl methyl sites for hydroxylation is 1. The average Bonchev–Trinajstić information content (AvgIpc) is 3.28. The zero-order valence-corrected chi connectivity index (χ0v) is 19.0. The van der Waals surface area contributed by atoms with Gasteiger partial charge in [0, 0.05) is 43.8 Å². The Balaban J connectivity index is 1.45. The molecule has 0 aliphatic carbocycles. The van der Waals surface area contributed by atoms with Gasteiger partial charge >= 0.3 is 0 Å². The van der Waals surface area contributed by atoms with Crippen molar-refractivity contribution in [3.05, 3.63) is 59.0 Å². The Morgan fingerprint density at radius 1 is 1.03 bits per heavy atom. The van der Waals surface area contributed by atoms with E-state index in [2.05, 4.69) is 22.1 Å². The molecule has 0 bridgehead atoms. The highest BCUT2D eigenvalue weighted by atomic mass is 16.5. The molecule has 2 fully saturated rings. The Morgan fingerprint density at radius 2 is 1.79 bits per heavy atom. The minimum atomic E-state index is -0.404. The summed E-state index contributed by atoms with van der Waals surface area (Å²) < 4.78 is 6.02. The van der Waals surface area contributed by atoms with Crippen molar-refractivity contribution in [3.63, 3.8) is 0 Å². The molecule has 0 unspecified atom stereocenters. The molecule has 1 N–H and O–H groups in total. The van der Waals surface area contributed by atoms with Crippen LogP contribution in [0.4, 0.5) is 0 Å². The normalized spacial score (nSPS) is 19.8. The molecule has 2 amide bonds. The minimum Gasteiger partial charge on any atom is -0.368 e. The van der Waals surface area contributed by atoms with Gasteiger partial charge in [-0.25, -0.2) is 4.98 Å². The van der Waals surface area contributed by atoms with Crippen LogP contribution in [0.15, 0.2) is 36.5 Å². The summed E-state index contributed by atoms with van der Waals surface area (Å²) in [6.45, 7) is 6.23. The van der Waals surface area contributed by atoms with E-state index in [9.17, 15) is 9.59 Å². The molecular formula is C24H28N6O3. The number of pyridine rings is 1. The van der Waals surface area contributed by atoms with Gasteiger partial charge in [-0.2, -0.15) is 5.10 Å². The Labute approximate surface area is 192 Å². The first kappa shape index (κ1) is 21.5. The zero-order chi connectivity index (χ0) is 22.9. The molecule has 33 heavy (non-hydrogen) atoms. The summed E-state index contributed by atoms with van der Waals surface area (Å²) in [5.41, 5.74) is 3.37. The second-order valence-corrected chi connectivity index (χ2v) is 8.73. The number of rotatable bonds is 3. The van der Waals surface area contributed by atoms with E-state index in [1.165, 1.54) is 0 Å². The summed E-state index contributed by atoms with van der Waals surface area (Å²) in [4.78, 5) is 37.2. The quantitative estimate of drug-likeness (QED) is 0.657. The van der Waals surface area contributed by atoms with Gasteiger partial charge in [0.1, 0.15) is 6.10 Å². The molecule has 0 radical (unpaired) electrons. The molecule has 2 aliphatic rings. The first-order chi connectivity index (χ1) is 16.0. The fraction of sp³-hybridized carbons (Fsp3) is 0.417. The van der Waals surface area contributed by atoms with Crippen molar-refractivity contribution in [2.75, 3.05) is 52.9 Å². The zero-order valence-electron chi connectivity index (χ0n) is 19.0. The number of hydrogen-bond acceptors (Lipinski definition) is 6. The fourth-order valence-corrected chi connectivity index (χ4v) is 4.47. The Hall–Kier alpha value is -3.30. The smallest absolute Gasteiger partial charge is 0.257 e. The van der Waals surface area contributed by atoms with Gasteiger partial charge in [0.2, 0.25) is 0 Å². The number of nitrogens with zero attached hydrogens (tertiary/aromatic N) is 5. The molecule has 1 aromatic carbocycles. The van der Waals surface area contributed by atoms with Crippen molar-refractivity contribution in [3.8, 4) is 0 Å². The highest BCUT2D eigenvalue weighted by molar-refractivity contribution is 6.06. The lowest BCUT2D eigenvalue weighted by Gasteiger charge is -2.34. The summed E-state index contributed by atoms with van der Waals surface area (Å²) in [5, 5.41) is 7.62. The standard InChI is InChI=1S/C24H28N6O3/c1-16-19(14-25-27-16)24(32)30-11-12-33-22(15-30)21-13-18(17-5-3-4-6-20(17)26-21)23(31)29-9-7-28(2)8-10-29/h3-6,13-14,22H,7-12,15H2,1-2H3,(H,25,27)/t22-/m0/s1. The molecular weight excluding hydrogens is 420 g/mol. The van der Waals surface area contributed by atoms with Crippen LogP contribution in [0.2, 0.25) is 0 Å². The number of ether oxygens (including phenoxy) is 1. The van der Waals surface area contributed by atoms with Crippen LogP contribution < -0.4 is 0 Å². The van der Waals surface area contributed by atoms with Gasteiger partial charge in [0.05, 0.1) is 41.7 Å². The number of para-hydroxylation sites is 1. The number of nitrogens with one attached hydrogen (secondary N) is 1. The van der Waals surface area contributed by atoms with Crippen molar-refractivity contribution in [2.24, 2.45) is 0 Å². The van der Waals surface area contributed by atoms with E-state index < -0.39 is 6.10 Å². The maximum Gasteiger partial charge on any atom is 0.257 e. The summed E-state index contributed by atoms with van der Waals surface area (Å²) in [6, 6.07) is 9.55. The number of morpholine rings is 1. The van der Waals surface area contributed by atoms with E-state index >= 15 is 0 Å². The number of hydrogen-bond donors (Lipinski definition) is 1. The van der Waals surface area contributed by atoms with Crippen molar-refractivity contribution in [2.45, 2.75) is 13.0 Å². The minimum absolute atomic E-state index is 0.0145. The summed E-state index contributed by atoms with van der Waals surface area (Å²) in [7, 11) is 2.07. The Bertz CT molecular complexity index is 1180. The number of H-pyrrole nitrogens is 1. The number of aromatic amines is 1. The number of likely N-dealkylation sites (N-methyl/N-ethyl adjacent to an activating group) is 1. The molecule has 9 nitrogen and oxygen atoms in total. The van der Waals surface area contributed by atoms with Gasteiger partial charge in [0.15, 0.2) is 0 Å². The van der Waals surface area contributed by atoms with Crippen molar-refractivity contribution in [1.82, 2.24) is 29.9 Å². The largest absolute Gasteiger partial charge is 0.368 e. The molecule has 5 rings (SSSR count). The second-order valence-electron chi connectivity index (χ2n) is 8.73. The SMILES string of the molecule is Cc1[nH]ncc1C(=O)N1CCO[C@H](c2cc(C(=O)N3CCN(C)CC3)c3ccccc3n2)C1. The molecule has 172 valence electrons. The topological polar surface area (TPSA) is 94.7 Å². The molecule has 0 saturated carbocycles. The predicted octanol–water partition coefficient (Wildman–Crippen LogP) is 1.87. The number of carbonyl (C=O) groups excluding carboxylic acids is 2. The van der Waals surface area contributed by atoms with Gasteiger partial charge in [-0.05, 0) is 26.1 Å². The van der Waals surface area contributed by atoms with Crippen LogP contribution in [0, 0.1) is 6.92 Å². The van der Waals surface area contributed by atoms with E-state index in [-0.39, 0.29) is 11.8 Å². The van der Waals surface area contributed by atoms with Gasteiger partial charge in [-0.3, -0.25) is 14.7 Å². The van der Waals surface area contributed by atoms with Crippen molar-refractivity contribution in [1.29, 1.82) is 0 Å². The summed E-state index contributed by atoms with van der Waals surface area (Å²) in [6.07, 6.45) is 1.15. The van der Waals surface area contributed by atoms with Crippen molar-refractivity contribution >= 4 is 22.7 Å². The first-order valence-corrected chi connectivity index (χ1v) is 11.3. The van der Waals surface area contributed by atoms with Crippen LogP contribution in [-0.2, 0) is 4.74 Å². The highest BCUT2D eigenvalue weighted by Gasteiger charge is 2.30. The van der Waals surface area contributed by atoms with E-state index in [1.54, 1.807) is 11.1 Å². The first-order valence-electron chi connectivity index (χ1n) is 11.3. The number of fused-ring (bicyclic) bond motifs is 1. The lowest BCUT2D eigenvalue weighted by Crippen LogP contribution is -2.47. The molecule has 2 saturated heterocycles. The van der Waals surface area contributed by atoms with E-state index in [1.807, 2.05) is 42.2 Å². The molecule has 1 atom stereocenters. The van der Waals surface area contributed by atoms with E-state index in [0.717, 1.165) is 29.7 Å². The fourth-order valence-electron chi connectivity index (χ4n) is 4.47. The second kappa shape index (κ2) is 8.92. The lowest BCUT2D eigenvalue weighted by atomic mass is 10.0. The van der Waals surface area contributed by atoms with Crippen LogP contribution in [-0.4, -0.2) is 94.6 Å². The average molecular weight is 449 g/mol. The van der Waals surface area contributed by atoms with Gasteiger partial charge in [-0.1, -0.05) is 18.2 Å². The third kappa shape index (κ3) is 4.21. The third-order valence-electron chi connectivity index (χ3n) is 6.50. The van der Waals surface area contributed by atoms with Crippen LogP contribution in [0.1, 0.15) is 38.2 Å². The maximum absolute atomic E-state index is 13.5. The maximum atomic E-state index is 13.5. The molecule has 3 aromatic rings. The van der Waals surface area contributed by atoms with Gasteiger partial charge in [0.25, 0.3) is 11.8 Å². The highest BCUT2D eigenvalue weighted by Crippen LogP contribution is 2.28. The van der Waals surface area contributed by atoms with Crippen LogP contribution in [0.25, 0.3) is 10.9 Å². The van der Waals surface area contributed by atoms with Crippen molar-refractivity contribution < 1.29 is 14.3 Å². The monoisotopic (exact) mass is 448 g/mol. The molecule has 2 aliphatic heterocycles. The number of aromatic nitrogens is 3. The summed E-state index contributed by atoms with van der Waals surface area (Å²) in [5.74, 6) is -0.0650. The molecule has 2 aromatic heterocycles. The van der Waals surface area contributed by atoms with Crippen LogP contribution in [0.3, 0.4) is 0 Å². The van der Waals surface area contributed by atoms with Crippen LogP contribution in [0.5, 0.6) is 0 Å². The summed E-state index contributed by atoms with van der Waals surface area (Å²) >= 11 is 0. The Kier molecular flexibility index (Phi) is 5.82. The van der Waals surface area contributed by atoms with Crippen LogP contribution >= 0.6 is 0 Å². The number of carbonyl (C=O) groups is 2. The van der Waals surface area contributed by atoms with Gasteiger partial charge < -0.3 is 19.4 Å². The lowest BCUT2D eigenvalue weighted by molar-refractivity contribution is -0.0246. The third-order valence-corrected chi connectivity index (χ3v) is 6.50. The Morgan fingerprint density at radius 3 is 2.55 bits per heavy atom. The molecule has 0 spiro atoms.